The van der Waals surface area contributed by atoms with Crippen molar-refractivity contribution in [2.24, 2.45) is 0 Å². The zero-order valence-electron chi connectivity index (χ0n) is 8.59. The van der Waals surface area contributed by atoms with E-state index in [2.05, 4.69) is 35.6 Å². The monoisotopic (exact) mass is 316 g/mol. The lowest BCUT2D eigenvalue weighted by atomic mass is 10.1. The minimum absolute atomic E-state index is 0.0836. The Morgan fingerprint density at radius 1 is 1.33 bits per heavy atom. The Morgan fingerprint density at radius 3 is 2.80 bits per heavy atom. The maximum Gasteiger partial charge on any atom is 0.147 e. The second-order valence-electron chi connectivity index (χ2n) is 3.62. The van der Waals surface area contributed by atoms with Crippen LogP contribution in [-0.2, 0) is 13.0 Å². The number of aliphatic hydroxyl groups is 1. The second kappa shape index (κ2) is 4.53. The van der Waals surface area contributed by atoms with Gasteiger partial charge in [-0.15, -0.1) is 0 Å². The van der Waals surface area contributed by atoms with Crippen LogP contribution in [-0.4, -0.2) is 5.11 Å². The summed E-state index contributed by atoms with van der Waals surface area (Å²) in [4.78, 5) is 0. The fraction of sp³-hybridized carbons (Fsp3) is 0.333. The summed E-state index contributed by atoms with van der Waals surface area (Å²) >= 11 is 2.24. The zero-order valence-corrected chi connectivity index (χ0v) is 10.7. The van der Waals surface area contributed by atoms with Crippen LogP contribution in [0.4, 0.5) is 0 Å². The molecule has 1 heterocycles. The lowest BCUT2D eigenvalue weighted by Crippen LogP contribution is -1.83. The van der Waals surface area contributed by atoms with Crippen LogP contribution >= 0.6 is 22.6 Å². The van der Waals surface area contributed by atoms with E-state index in [0.29, 0.717) is 0 Å². The molecule has 15 heavy (non-hydrogen) atoms. The molecule has 80 valence electrons. The van der Waals surface area contributed by atoms with Crippen LogP contribution in [0.2, 0.25) is 0 Å². The lowest BCUT2D eigenvalue weighted by Gasteiger charge is -1.97. The van der Waals surface area contributed by atoms with Crippen LogP contribution in [0.1, 0.15) is 24.7 Å². The predicted octanol–water partition coefficient (Wildman–Crippen LogP) is 3.48. The summed E-state index contributed by atoms with van der Waals surface area (Å²) in [5, 5.41) is 10.2. The highest BCUT2D eigenvalue weighted by Crippen LogP contribution is 2.26. The van der Waals surface area contributed by atoms with Crippen molar-refractivity contribution in [1.82, 2.24) is 0 Å². The Labute approximate surface area is 102 Å². The predicted molar refractivity (Wildman–Crippen MR) is 68.8 cm³/mol. The van der Waals surface area contributed by atoms with Crippen molar-refractivity contribution < 1.29 is 9.52 Å². The number of aryl methyl sites for hydroxylation is 1. The van der Waals surface area contributed by atoms with Crippen molar-refractivity contribution >= 4 is 33.6 Å². The molecule has 0 aliphatic heterocycles. The van der Waals surface area contributed by atoms with E-state index < -0.39 is 0 Å². The summed E-state index contributed by atoms with van der Waals surface area (Å²) in [6.07, 6.45) is 2.06. The van der Waals surface area contributed by atoms with Crippen molar-refractivity contribution in [1.29, 1.82) is 0 Å². The highest BCUT2D eigenvalue weighted by atomic mass is 127. The first-order chi connectivity index (χ1) is 7.24. The molecule has 2 rings (SSSR count). The fourth-order valence-electron chi connectivity index (χ4n) is 1.68. The molecule has 0 fully saturated rings. The maximum absolute atomic E-state index is 9.10. The number of rotatable bonds is 3. The minimum atomic E-state index is 0.0836. The Hall–Kier alpha value is -0.550. The highest BCUT2D eigenvalue weighted by Gasteiger charge is 2.07. The Morgan fingerprint density at radius 2 is 2.13 bits per heavy atom. The molecule has 0 atom stereocenters. The number of furan rings is 1. The highest BCUT2D eigenvalue weighted by molar-refractivity contribution is 14.1. The van der Waals surface area contributed by atoms with Gasteiger partial charge in [0.15, 0.2) is 0 Å². The van der Waals surface area contributed by atoms with Gasteiger partial charge in [0.2, 0.25) is 0 Å². The molecule has 2 aromatic rings. The molecule has 2 nitrogen and oxygen atoms in total. The Balaban J connectivity index is 2.54. The van der Waals surface area contributed by atoms with Crippen LogP contribution in [0.15, 0.2) is 22.6 Å². The van der Waals surface area contributed by atoms with Crippen molar-refractivity contribution in [2.45, 2.75) is 26.4 Å². The molecular weight excluding hydrogens is 303 g/mol. The molecule has 0 radical (unpaired) electrons. The average molecular weight is 316 g/mol. The number of benzene rings is 1. The lowest BCUT2D eigenvalue weighted by molar-refractivity contribution is 0.282. The summed E-state index contributed by atoms with van der Waals surface area (Å²) < 4.78 is 6.82. The summed E-state index contributed by atoms with van der Waals surface area (Å²) in [7, 11) is 0. The van der Waals surface area contributed by atoms with E-state index in [1.165, 1.54) is 0 Å². The Bertz CT molecular complexity index is 474. The van der Waals surface area contributed by atoms with E-state index in [9.17, 15) is 0 Å². The maximum atomic E-state index is 9.10. The van der Waals surface area contributed by atoms with Gasteiger partial charge in [-0.05, 0) is 52.8 Å². The molecule has 0 saturated heterocycles. The molecule has 0 aliphatic rings. The van der Waals surface area contributed by atoms with E-state index in [0.717, 1.165) is 38.7 Å². The van der Waals surface area contributed by atoms with E-state index in [1.54, 1.807) is 0 Å². The van der Waals surface area contributed by atoms with Crippen molar-refractivity contribution in [3.63, 3.8) is 0 Å². The van der Waals surface area contributed by atoms with Gasteiger partial charge >= 0.3 is 0 Å². The normalized spacial score (nSPS) is 11.1. The smallest absolute Gasteiger partial charge is 0.147 e. The molecule has 0 unspecified atom stereocenters. The molecule has 3 heteroatoms. The van der Waals surface area contributed by atoms with Gasteiger partial charge in [-0.2, -0.15) is 0 Å². The van der Waals surface area contributed by atoms with E-state index in [-0.39, 0.29) is 6.61 Å². The number of fused-ring (bicyclic) bond motifs is 1. The third-order valence-corrected chi connectivity index (χ3v) is 3.16. The van der Waals surface area contributed by atoms with E-state index in [1.807, 2.05) is 12.1 Å². The number of halogens is 1. The van der Waals surface area contributed by atoms with Gasteiger partial charge in [-0.25, -0.2) is 0 Å². The molecule has 0 saturated carbocycles. The zero-order chi connectivity index (χ0) is 10.8. The molecule has 0 aliphatic carbocycles. The van der Waals surface area contributed by atoms with Crippen LogP contribution in [0.25, 0.3) is 11.0 Å². The van der Waals surface area contributed by atoms with Crippen LogP contribution < -0.4 is 0 Å². The molecule has 1 aromatic heterocycles. The SMILES string of the molecule is CCCc1cc2cc(CO)cc(I)c2o1. The van der Waals surface area contributed by atoms with Crippen LogP contribution in [0, 0.1) is 3.57 Å². The molecular formula is C12H13IO2. The third-order valence-electron chi connectivity index (χ3n) is 2.36. The second-order valence-corrected chi connectivity index (χ2v) is 4.78. The standard InChI is InChI=1S/C12H13IO2/c1-2-3-10-6-9-4-8(7-14)5-11(13)12(9)15-10/h4-6,14H,2-3,7H2,1H3. The molecule has 1 aromatic carbocycles. The average Bonchev–Trinajstić information content (AvgIpc) is 2.61. The summed E-state index contributed by atoms with van der Waals surface area (Å²) in [5.74, 6) is 1.03. The van der Waals surface area contributed by atoms with Crippen LogP contribution in [0.3, 0.4) is 0 Å². The van der Waals surface area contributed by atoms with Crippen molar-refractivity contribution in [2.75, 3.05) is 0 Å². The largest absolute Gasteiger partial charge is 0.460 e. The fourth-order valence-corrected chi connectivity index (χ4v) is 2.50. The van der Waals surface area contributed by atoms with Gasteiger partial charge in [0.1, 0.15) is 11.3 Å². The summed E-state index contributed by atoms with van der Waals surface area (Å²) in [6, 6.07) is 6.02. The topological polar surface area (TPSA) is 33.4 Å². The van der Waals surface area contributed by atoms with Gasteiger partial charge in [-0.1, -0.05) is 6.92 Å². The molecule has 0 spiro atoms. The van der Waals surface area contributed by atoms with Gasteiger partial charge in [0.05, 0.1) is 10.2 Å². The van der Waals surface area contributed by atoms with Crippen molar-refractivity contribution in [3.05, 3.63) is 33.1 Å². The van der Waals surface area contributed by atoms with E-state index >= 15 is 0 Å². The third kappa shape index (κ3) is 2.18. The van der Waals surface area contributed by atoms with Crippen molar-refractivity contribution in [3.8, 4) is 0 Å². The van der Waals surface area contributed by atoms with Crippen LogP contribution in [0.5, 0.6) is 0 Å². The molecule has 0 bridgehead atoms. The minimum Gasteiger partial charge on any atom is -0.460 e. The number of aliphatic hydroxyl groups excluding tert-OH is 1. The van der Waals surface area contributed by atoms with Gasteiger partial charge in [0.25, 0.3) is 0 Å². The molecule has 0 amide bonds. The first-order valence-electron chi connectivity index (χ1n) is 5.06. The number of hydrogen-bond acceptors (Lipinski definition) is 2. The molecule has 1 N–H and O–H groups in total. The van der Waals surface area contributed by atoms with E-state index in [4.69, 9.17) is 9.52 Å². The van der Waals surface area contributed by atoms with Gasteiger partial charge in [0, 0.05) is 11.8 Å². The summed E-state index contributed by atoms with van der Waals surface area (Å²) in [6.45, 7) is 2.22. The summed E-state index contributed by atoms with van der Waals surface area (Å²) in [5.41, 5.74) is 1.88. The first kappa shape index (κ1) is 11.0. The van der Waals surface area contributed by atoms with Gasteiger partial charge in [-0.3, -0.25) is 0 Å². The van der Waals surface area contributed by atoms with Gasteiger partial charge < -0.3 is 9.52 Å². The quantitative estimate of drug-likeness (QED) is 0.880. The number of hydrogen-bond donors (Lipinski definition) is 1. The Kier molecular flexibility index (Phi) is 3.31. The first-order valence-corrected chi connectivity index (χ1v) is 6.14.